The van der Waals surface area contributed by atoms with Crippen molar-refractivity contribution in [2.75, 3.05) is 24.5 Å². The van der Waals surface area contributed by atoms with E-state index in [0.29, 0.717) is 37.8 Å². The molecule has 7 heteroatoms. The number of nitrogens with zero attached hydrogens (tertiary/aromatic N) is 4. The molecule has 1 amide bonds. The number of aryl methyl sites for hydroxylation is 1. The topological polar surface area (TPSA) is 58.6 Å². The lowest BCUT2D eigenvalue weighted by Crippen LogP contribution is -2.54. The Kier molecular flexibility index (Phi) is 5.35. The van der Waals surface area contributed by atoms with Gasteiger partial charge in [0.05, 0.1) is 0 Å². The van der Waals surface area contributed by atoms with Gasteiger partial charge < -0.3 is 14.5 Å². The van der Waals surface area contributed by atoms with Gasteiger partial charge in [0.2, 0.25) is 11.8 Å². The summed E-state index contributed by atoms with van der Waals surface area (Å²) < 4.78 is 19.5. The van der Waals surface area contributed by atoms with Gasteiger partial charge in [0.1, 0.15) is 12.1 Å². The molecule has 6 nitrogen and oxygen atoms in total. The molecule has 1 atom stereocenters. The Balaban J connectivity index is 1.74. The summed E-state index contributed by atoms with van der Waals surface area (Å²) in [6.07, 6.45) is 1.92. The maximum Gasteiger partial charge on any atom is 0.224 e. The largest absolute Gasteiger partial charge is 0.436 e. The fourth-order valence-electron chi connectivity index (χ4n) is 3.10. The Morgan fingerprint density at radius 3 is 2.85 bits per heavy atom. The third kappa shape index (κ3) is 3.92. The molecule has 1 aromatic heterocycles. The van der Waals surface area contributed by atoms with E-state index in [1.807, 2.05) is 25.7 Å². The molecule has 3 rings (SSSR count). The highest BCUT2D eigenvalue weighted by atomic mass is 19.1. The summed E-state index contributed by atoms with van der Waals surface area (Å²) in [5, 5.41) is 0. The lowest BCUT2D eigenvalue weighted by atomic mass is 10.1. The van der Waals surface area contributed by atoms with Crippen LogP contribution in [0.2, 0.25) is 0 Å². The van der Waals surface area contributed by atoms with E-state index in [0.717, 1.165) is 5.56 Å². The molecule has 2 heterocycles. The summed E-state index contributed by atoms with van der Waals surface area (Å²) in [6, 6.07) is 6.50. The third-order valence-electron chi connectivity index (χ3n) is 4.50. The second-order valence-corrected chi connectivity index (χ2v) is 6.49. The first-order valence-electron chi connectivity index (χ1n) is 8.78. The molecule has 26 heavy (non-hydrogen) atoms. The van der Waals surface area contributed by atoms with Gasteiger partial charge in [-0.05, 0) is 31.5 Å². The Labute approximate surface area is 152 Å². The zero-order chi connectivity index (χ0) is 18.7. The van der Waals surface area contributed by atoms with Crippen LogP contribution in [0.3, 0.4) is 0 Å². The van der Waals surface area contributed by atoms with E-state index < -0.39 is 5.82 Å². The Bertz CT molecular complexity index is 799. The number of amides is 1. The standard InChI is InChI=1S/C19H23FN4O2/c1-4-19(25)24-8-7-23(11-14(24)3)17-10-18(22-12-21-17)26-16-9-13(2)5-6-15(16)20/h5-6,9-10,12,14H,4,7-8,11H2,1-3H3/t14-/m1/s1. The minimum atomic E-state index is -0.434. The number of ether oxygens (including phenoxy) is 1. The second-order valence-electron chi connectivity index (χ2n) is 6.49. The Morgan fingerprint density at radius 1 is 1.31 bits per heavy atom. The van der Waals surface area contributed by atoms with Gasteiger partial charge in [-0.1, -0.05) is 13.0 Å². The third-order valence-corrected chi connectivity index (χ3v) is 4.50. The maximum atomic E-state index is 13.9. The fraction of sp³-hybridized carbons (Fsp3) is 0.421. The van der Waals surface area contributed by atoms with E-state index in [9.17, 15) is 9.18 Å². The number of benzene rings is 1. The summed E-state index contributed by atoms with van der Waals surface area (Å²) >= 11 is 0. The van der Waals surface area contributed by atoms with E-state index in [4.69, 9.17) is 4.74 Å². The number of piperazine rings is 1. The van der Waals surface area contributed by atoms with Gasteiger partial charge >= 0.3 is 0 Å². The fourth-order valence-corrected chi connectivity index (χ4v) is 3.10. The molecule has 138 valence electrons. The molecule has 1 aliphatic heterocycles. The summed E-state index contributed by atoms with van der Waals surface area (Å²) in [5.41, 5.74) is 0.904. The molecule has 0 radical (unpaired) electrons. The van der Waals surface area contributed by atoms with E-state index in [1.165, 1.54) is 12.4 Å². The number of rotatable bonds is 4. The number of halogens is 1. The van der Waals surface area contributed by atoms with E-state index in [2.05, 4.69) is 14.9 Å². The summed E-state index contributed by atoms with van der Waals surface area (Å²) in [4.78, 5) is 24.3. The average Bonchev–Trinajstić information content (AvgIpc) is 2.64. The van der Waals surface area contributed by atoms with Crippen molar-refractivity contribution in [1.29, 1.82) is 0 Å². The zero-order valence-corrected chi connectivity index (χ0v) is 15.3. The van der Waals surface area contributed by atoms with Crippen molar-refractivity contribution in [3.05, 3.63) is 42.0 Å². The normalized spacial score (nSPS) is 17.3. The number of aromatic nitrogens is 2. The minimum absolute atomic E-state index is 0.102. The molecule has 0 aliphatic carbocycles. The minimum Gasteiger partial charge on any atom is -0.436 e. The predicted octanol–water partition coefficient (Wildman–Crippen LogP) is 3.16. The number of carbonyl (C=O) groups excluding carboxylic acids is 1. The van der Waals surface area contributed by atoms with E-state index in [-0.39, 0.29) is 17.7 Å². The molecule has 1 fully saturated rings. The molecular formula is C19H23FN4O2. The molecule has 0 bridgehead atoms. The number of anilines is 1. The molecule has 1 aliphatic rings. The first-order chi connectivity index (χ1) is 12.5. The average molecular weight is 358 g/mol. The smallest absolute Gasteiger partial charge is 0.224 e. The number of hydrogen-bond acceptors (Lipinski definition) is 5. The van der Waals surface area contributed by atoms with Crippen LogP contribution in [0.15, 0.2) is 30.6 Å². The Morgan fingerprint density at radius 2 is 2.12 bits per heavy atom. The molecular weight excluding hydrogens is 335 g/mol. The SMILES string of the molecule is CCC(=O)N1CCN(c2cc(Oc3cc(C)ccc3F)ncn2)C[C@H]1C. The van der Waals surface area contributed by atoms with Crippen molar-refractivity contribution in [1.82, 2.24) is 14.9 Å². The summed E-state index contributed by atoms with van der Waals surface area (Å²) in [7, 11) is 0. The van der Waals surface area contributed by atoms with Crippen molar-refractivity contribution >= 4 is 11.7 Å². The van der Waals surface area contributed by atoms with Gasteiger partial charge in [0, 0.05) is 38.2 Å². The van der Waals surface area contributed by atoms with Crippen molar-refractivity contribution in [3.8, 4) is 11.6 Å². The van der Waals surface area contributed by atoms with Crippen LogP contribution in [0.5, 0.6) is 11.6 Å². The lowest BCUT2D eigenvalue weighted by molar-refractivity contribution is -0.133. The summed E-state index contributed by atoms with van der Waals surface area (Å²) in [6.45, 7) is 7.80. The molecule has 0 unspecified atom stereocenters. The molecule has 1 aromatic carbocycles. The van der Waals surface area contributed by atoms with Gasteiger partial charge in [0.25, 0.3) is 0 Å². The molecule has 1 saturated heterocycles. The molecule has 0 spiro atoms. The highest BCUT2D eigenvalue weighted by molar-refractivity contribution is 5.76. The van der Waals surface area contributed by atoms with Crippen molar-refractivity contribution < 1.29 is 13.9 Å². The quantitative estimate of drug-likeness (QED) is 0.840. The van der Waals surface area contributed by atoms with Crippen molar-refractivity contribution in [2.24, 2.45) is 0 Å². The van der Waals surface area contributed by atoms with Crippen LogP contribution in [-0.2, 0) is 4.79 Å². The molecule has 0 saturated carbocycles. The highest BCUT2D eigenvalue weighted by Gasteiger charge is 2.27. The zero-order valence-electron chi connectivity index (χ0n) is 15.3. The number of hydrogen-bond donors (Lipinski definition) is 0. The Hall–Kier alpha value is -2.70. The van der Waals surface area contributed by atoms with Gasteiger partial charge in [-0.3, -0.25) is 4.79 Å². The monoisotopic (exact) mass is 358 g/mol. The molecule has 0 N–H and O–H groups in total. The van der Waals surface area contributed by atoms with Gasteiger partial charge in [-0.2, -0.15) is 0 Å². The molecule has 2 aromatic rings. The maximum absolute atomic E-state index is 13.9. The van der Waals surface area contributed by atoms with Crippen LogP contribution >= 0.6 is 0 Å². The van der Waals surface area contributed by atoms with Crippen LogP contribution in [-0.4, -0.2) is 46.5 Å². The van der Waals surface area contributed by atoms with Gasteiger partial charge in [0.15, 0.2) is 11.6 Å². The van der Waals surface area contributed by atoms with Crippen molar-refractivity contribution in [3.63, 3.8) is 0 Å². The van der Waals surface area contributed by atoms with E-state index in [1.54, 1.807) is 18.2 Å². The predicted molar refractivity (Wildman–Crippen MR) is 96.9 cm³/mol. The second kappa shape index (κ2) is 7.68. The van der Waals surface area contributed by atoms with Crippen molar-refractivity contribution in [2.45, 2.75) is 33.2 Å². The van der Waals surface area contributed by atoms with Crippen LogP contribution in [0, 0.1) is 12.7 Å². The lowest BCUT2D eigenvalue weighted by Gasteiger charge is -2.40. The van der Waals surface area contributed by atoms with E-state index >= 15 is 0 Å². The first-order valence-corrected chi connectivity index (χ1v) is 8.78. The van der Waals surface area contributed by atoms with Gasteiger partial charge in [-0.25, -0.2) is 14.4 Å². The van der Waals surface area contributed by atoms with Crippen LogP contribution in [0.4, 0.5) is 10.2 Å². The number of carbonyl (C=O) groups is 1. The first kappa shape index (κ1) is 18.1. The van der Waals surface area contributed by atoms with Gasteiger partial charge in [-0.15, -0.1) is 0 Å². The summed E-state index contributed by atoms with van der Waals surface area (Å²) in [5.74, 6) is 0.869. The van der Waals surface area contributed by atoms with Crippen LogP contribution in [0.1, 0.15) is 25.8 Å². The highest BCUT2D eigenvalue weighted by Crippen LogP contribution is 2.26. The van der Waals surface area contributed by atoms with Crippen LogP contribution in [0.25, 0.3) is 0 Å². The van der Waals surface area contributed by atoms with Crippen LogP contribution < -0.4 is 9.64 Å².